The number of hydrogen-bond acceptors (Lipinski definition) is 3. The molecule has 2 unspecified atom stereocenters. The van der Waals surface area contributed by atoms with Crippen LogP contribution in [0.1, 0.15) is 44.3 Å². The number of rotatable bonds is 6. The SMILES string of the molecule is CCC1(CCO)CCC(c2ccccc2Oc2ccccc2)OC1. The molecule has 2 aromatic carbocycles. The van der Waals surface area contributed by atoms with Gasteiger partial charge >= 0.3 is 0 Å². The van der Waals surface area contributed by atoms with Gasteiger partial charge < -0.3 is 14.6 Å². The van der Waals surface area contributed by atoms with Gasteiger partial charge in [-0.3, -0.25) is 0 Å². The second kappa shape index (κ2) is 7.82. The first-order chi connectivity index (χ1) is 11.8. The summed E-state index contributed by atoms with van der Waals surface area (Å²) < 4.78 is 12.3. The van der Waals surface area contributed by atoms with Gasteiger partial charge in [0.05, 0.1) is 12.7 Å². The fourth-order valence-corrected chi connectivity index (χ4v) is 3.46. The molecule has 1 fully saturated rings. The van der Waals surface area contributed by atoms with E-state index in [0.717, 1.165) is 42.7 Å². The zero-order chi connectivity index (χ0) is 16.8. The molecular formula is C21H26O3. The molecule has 0 bridgehead atoms. The molecule has 1 saturated heterocycles. The molecule has 24 heavy (non-hydrogen) atoms. The van der Waals surface area contributed by atoms with Gasteiger partial charge in [0, 0.05) is 12.2 Å². The molecule has 1 heterocycles. The first-order valence-corrected chi connectivity index (χ1v) is 8.81. The molecule has 0 radical (unpaired) electrons. The van der Waals surface area contributed by atoms with Crippen molar-refractivity contribution in [2.24, 2.45) is 5.41 Å². The van der Waals surface area contributed by atoms with E-state index in [0.29, 0.717) is 6.61 Å². The molecule has 3 nitrogen and oxygen atoms in total. The highest BCUT2D eigenvalue weighted by Crippen LogP contribution is 2.44. The van der Waals surface area contributed by atoms with E-state index >= 15 is 0 Å². The van der Waals surface area contributed by atoms with E-state index in [-0.39, 0.29) is 18.1 Å². The maximum absolute atomic E-state index is 9.33. The molecule has 1 N–H and O–H groups in total. The highest BCUT2D eigenvalue weighted by Gasteiger charge is 2.35. The topological polar surface area (TPSA) is 38.7 Å². The lowest BCUT2D eigenvalue weighted by Gasteiger charge is -2.39. The molecule has 0 amide bonds. The fraction of sp³-hybridized carbons (Fsp3) is 0.429. The molecular weight excluding hydrogens is 300 g/mol. The third-order valence-corrected chi connectivity index (χ3v) is 5.16. The second-order valence-electron chi connectivity index (χ2n) is 6.62. The lowest BCUT2D eigenvalue weighted by Crippen LogP contribution is -2.33. The highest BCUT2D eigenvalue weighted by molar-refractivity contribution is 5.39. The first kappa shape index (κ1) is 17.0. The average molecular weight is 326 g/mol. The zero-order valence-electron chi connectivity index (χ0n) is 14.3. The molecule has 1 aliphatic rings. The van der Waals surface area contributed by atoms with Gasteiger partial charge in [0.2, 0.25) is 0 Å². The van der Waals surface area contributed by atoms with Crippen LogP contribution in [0, 0.1) is 5.41 Å². The van der Waals surface area contributed by atoms with E-state index in [9.17, 15) is 5.11 Å². The Balaban J connectivity index is 1.74. The van der Waals surface area contributed by atoms with Crippen molar-refractivity contribution in [3.8, 4) is 11.5 Å². The minimum absolute atomic E-state index is 0.0586. The Kier molecular flexibility index (Phi) is 5.54. The smallest absolute Gasteiger partial charge is 0.133 e. The number of benzene rings is 2. The van der Waals surface area contributed by atoms with E-state index in [1.807, 2.05) is 48.5 Å². The van der Waals surface area contributed by atoms with Crippen molar-refractivity contribution in [2.45, 2.75) is 38.7 Å². The van der Waals surface area contributed by atoms with Gasteiger partial charge in [-0.25, -0.2) is 0 Å². The zero-order valence-corrected chi connectivity index (χ0v) is 14.3. The number of para-hydroxylation sites is 2. The summed E-state index contributed by atoms with van der Waals surface area (Å²) in [5.74, 6) is 1.70. The molecule has 0 spiro atoms. The molecule has 3 heteroatoms. The molecule has 1 aliphatic heterocycles. The van der Waals surface area contributed by atoms with E-state index in [4.69, 9.17) is 9.47 Å². The first-order valence-electron chi connectivity index (χ1n) is 8.81. The Morgan fingerprint density at radius 1 is 1.12 bits per heavy atom. The third kappa shape index (κ3) is 3.80. The quantitative estimate of drug-likeness (QED) is 0.802. The molecule has 2 aromatic rings. The average Bonchev–Trinajstić information content (AvgIpc) is 2.64. The molecule has 2 atom stereocenters. The Hall–Kier alpha value is -1.84. The van der Waals surface area contributed by atoms with Crippen LogP contribution in [-0.2, 0) is 4.74 Å². The summed E-state index contributed by atoms with van der Waals surface area (Å²) in [5, 5.41) is 9.33. The molecule has 128 valence electrons. The number of ether oxygens (including phenoxy) is 2. The Morgan fingerprint density at radius 3 is 2.54 bits per heavy atom. The largest absolute Gasteiger partial charge is 0.457 e. The highest BCUT2D eigenvalue weighted by atomic mass is 16.5. The van der Waals surface area contributed by atoms with Crippen molar-refractivity contribution in [1.29, 1.82) is 0 Å². The summed E-state index contributed by atoms with van der Waals surface area (Å²) in [5.41, 5.74) is 1.23. The van der Waals surface area contributed by atoms with Gasteiger partial charge in [-0.05, 0) is 49.3 Å². The van der Waals surface area contributed by atoms with Crippen LogP contribution in [0.25, 0.3) is 0 Å². The number of hydrogen-bond donors (Lipinski definition) is 1. The van der Waals surface area contributed by atoms with Gasteiger partial charge in [-0.2, -0.15) is 0 Å². The summed E-state index contributed by atoms with van der Waals surface area (Å²) in [6, 6.07) is 18.0. The summed E-state index contributed by atoms with van der Waals surface area (Å²) in [6.45, 7) is 3.12. The third-order valence-electron chi connectivity index (χ3n) is 5.16. The number of aliphatic hydroxyl groups is 1. The minimum Gasteiger partial charge on any atom is -0.457 e. The maximum atomic E-state index is 9.33. The van der Waals surface area contributed by atoms with E-state index in [1.165, 1.54) is 0 Å². The monoisotopic (exact) mass is 326 g/mol. The van der Waals surface area contributed by atoms with Crippen molar-refractivity contribution in [1.82, 2.24) is 0 Å². The minimum atomic E-state index is 0.0586. The second-order valence-corrected chi connectivity index (χ2v) is 6.62. The summed E-state index contributed by atoms with van der Waals surface area (Å²) in [6.07, 6.45) is 3.96. The van der Waals surface area contributed by atoms with Crippen LogP contribution in [0.4, 0.5) is 0 Å². The van der Waals surface area contributed by atoms with E-state index in [1.54, 1.807) is 0 Å². The molecule has 3 rings (SSSR count). The number of aliphatic hydroxyl groups excluding tert-OH is 1. The van der Waals surface area contributed by atoms with Crippen molar-refractivity contribution in [2.75, 3.05) is 13.2 Å². The maximum Gasteiger partial charge on any atom is 0.133 e. The predicted molar refractivity (Wildman–Crippen MR) is 95.3 cm³/mol. The molecule has 0 aromatic heterocycles. The summed E-state index contributed by atoms with van der Waals surface area (Å²) in [7, 11) is 0. The van der Waals surface area contributed by atoms with Crippen molar-refractivity contribution < 1.29 is 14.6 Å². The van der Waals surface area contributed by atoms with E-state index < -0.39 is 0 Å². The summed E-state index contributed by atoms with van der Waals surface area (Å²) >= 11 is 0. The lowest BCUT2D eigenvalue weighted by atomic mass is 9.75. The fourth-order valence-electron chi connectivity index (χ4n) is 3.46. The van der Waals surface area contributed by atoms with Crippen LogP contribution in [0.2, 0.25) is 0 Å². The van der Waals surface area contributed by atoms with Crippen LogP contribution < -0.4 is 4.74 Å². The van der Waals surface area contributed by atoms with Crippen molar-refractivity contribution in [3.63, 3.8) is 0 Å². The van der Waals surface area contributed by atoms with E-state index in [2.05, 4.69) is 13.0 Å². The lowest BCUT2D eigenvalue weighted by molar-refractivity contribution is -0.0749. The Bertz CT molecular complexity index is 631. The van der Waals surface area contributed by atoms with Gasteiger partial charge in [0.1, 0.15) is 11.5 Å². The normalized spacial score (nSPS) is 23.8. The van der Waals surface area contributed by atoms with Crippen LogP contribution in [-0.4, -0.2) is 18.3 Å². The van der Waals surface area contributed by atoms with Gasteiger partial charge in [-0.1, -0.05) is 43.3 Å². The summed E-state index contributed by atoms with van der Waals surface area (Å²) in [4.78, 5) is 0. The van der Waals surface area contributed by atoms with Gasteiger partial charge in [0.15, 0.2) is 0 Å². The predicted octanol–water partition coefficient (Wildman–Crippen LogP) is 5.11. The van der Waals surface area contributed by atoms with Crippen LogP contribution in [0.3, 0.4) is 0 Å². The van der Waals surface area contributed by atoms with Gasteiger partial charge in [-0.15, -0.1) is 0 Å². The van der Waals surface area contributed by atoms with Crippen LogP contribution in [0.15, 0.2) is 54.6 Å². The Labute approximate surface area is 144 Å². The van der Waals surface area contributed by atoms with Crippen molar-refractivity contribution in [3.05, 3.63) is 60.2 Å². The molecule has 0 saturated carbocycles. The Morgan fingerprint density at radius 2 is 1.88 bits per heavy atom. The van der Waals surface area contributed by atoms with Crippen LogP contribution in [0.5, 0.6) is 11.5 Å². The van der Waals surface area contributed by atoms with Gasteiger partial charge in [0.25, 0.3) is 0 Å². The van der Waals surface area contributed by atoms with Crippen LogP contribution >= 0.6 is 0 Å². The standard InChI is InChI=1S/C21H26O3/c1-2-21(14-15-22)13-12-19(23-16-21)18-10-6-7-11-20(18)24-17-8-4-3-5-9-17/h3-11,19,22H,2,12-16H2,1H3. The van der Waals surface area contributed by atoms with Crippen molar-refractivity contribution >= 4 is 0 Å². The molecule has 0 aliphatic carbocycles.